The lowest BCUT2D eigenvalue weighted by molar-refractivity contribution is -0.146. The summed E-state index contributed by atoms with van der Waals surface area (Å²) in [6, 6.07) is 3.13. The first-order chi connectivity index (χ1) is 9.05. The molecule has 8 heteroatoms. The highest BCUT2D eigenvalue weighted by Gasteiger charge is 2.42. The Kier molecular flexibility index (Phi) is 4.78. The van der Waals surface area contributed by atoms with Crippen LogP contribution in [0.3, 0.4) is 0 Å². The minimum absolute atomic E-state index is 0.0574. The van der Waals surface area contributed by atoms with E-state index in [2.05, 4.69) is 0 Å². The number of sulfonamides is 1. The van der Waals surface area contributed by atoms with Crippen LogP contribution in [-0.2, 0) is 14.8 Å². The smallest absolute Gasteiger partial charge is 0.324 e. The highest BCUT2D eigenvalue weighted by Crippen LogP contribution is 2.27. The zero-order valence-corrected chi connectivity index (χ0v) is 12.8. The molecule has 0 atom stereocenters. The lowest BCUT2D eigenvalue weighted by Crippen LogP contribution is -2.52. The molecule has 0 aromatic heterocycles. The number of carboxylic acid groups (broad SMARTS) is 1. The molecule has 0 heterocycles. The van der Waals surface area contributed by atoms with Gasteiger partial charge in [-0.3, -0.25) is 4.79 Å². The van der Waals surface area contributed by atoms with Crippen LogP contribution in [0.5, 0.6) is 0 Å². The van der Waals surface area contributed by atoms with Crippen molar-refractivity contribution in [3.05, 3.63) is 29.0 Å². The molecule has 0 fully saturated rings. The summed E-state index contributed by atoms with van der Waals surface area (Å²) >= 11 is 5.58. The number of likely N-dealkylation sites (N-methyl/N-ethyl adjacent to an activating group) is 1. The van der Waals surface area contributed by atoms with E-state index in [1.54, 1.807) is 0 Å². The van der Waals surface area contributed by atoms with Gasteiger partial charge in [0.1, 0.15) is 16.3 Å². The van der Waals surface area contributed by atoms with Crippen molar-refractivity contribution >= 4 is 27.6 Å². The monoisotopic (exact) mass is 323 g/mol. The van der Waals surface area contributed by atoms with Gasteiger partial charge in [0, 0.05) is 11.6 Å². The van der Waals surface area contributed by atoms with E-state index in [4.69, 9.17) is 16.7 Å². The fourth-order valence-electron chi connectivity index (χ4n) is 1.78. The first kappa shape index (κ1) is 16.9. The fourth-order valence-corrected chi connectivity index (χ4v) is 3.74. The van der Waals surface area contributed by atoms with Gasteiger partial charge in [-0.1, -0.05) is 18.5 Å². The van der Waals surface area contributed by atoms with Crippen LogP contribution in [0.15, 0.2) is 23.1 Å². The van der Waals surface area contributed by atoms with Gasteiger partial charge < -0.3 is 5.11 Å². The first-order valence-corrected chi connectivity index (χ1v) is 7.58. The Hall–Kier alpha value is -1.18. The van der Waals surface area contributed by atoms with Gasteiger partial charge in [0.25, 0.3) is 0 Å². The summed E-state index contributed by atoms with van der Waals surface area (Å²) in [5, 5.41) is 9.20. The minimum atomic E-state index is -4.28. The Bertz CT molecular complexity index is 630. The third kappa shape index (κ3) is 2.94. The summed E-state index contributed by atoms with van der Waals surface area (Å²) < 4.78 is 39.4. The van der Waals surface area contributed by atoms with Gasteiger partial charge in [0.2, 0.25) is 10.0 Å². The second kappa shape index (κ2) is 5.67. The molecule has 20 heavy (non-hydrogen) atoms. The Balaban J connectivity index is 3.44. The quantitative estimate of drug-likeness (QED) is 0.902. The van der Waals surface area contributed by atoms with Gasteiger partial charge in [0.15, 0.2) is 0 Å². The molecule has 0 spiro atoms. The lowest BCUT2D eigenvalue weighted by Gasteiger charge is -2.33. The summed E-state index contributed by atoms with van der Waals surface area (Å²) in [7, 11) is -4.28. The molecule has 0 amide bonds. The van der Waals surface area contributed by atoms with Gasteiger partial charge in [0.05, 0.1) is 0 Å². The molecule has 0 aliphatic rings. The van der Waals surface area contributed by atoms with Crippen LogP contribution < -0.4 is 0 Å². The molecule has 0 aliphatic carbocycles. The predicted octanol–water partition coefficient (Wildman–Crippen LogP) is 2.35. The van der Waals surface area contributed by atoms with Gasteiger partial charge in [-0.05, 0) is 32.0 Å². The third-order valence-corrected chi connectivity index (χ3v) is 5.31. The molecule has 1 aromatic rings. The summed E-state index contributed by atoms with van der Waals surface area (Å²) in [4.78, 5) is 10.6. The maximum absolute atomic E-state index is 13.8. The van der Waals surface area contributed by atoms with E-state index >= 15 is 0 Å². The minimum Gasteiger partial charge on any atom is -0.480 e. The van der Waals surface area contributed by atoms with Gasteiger partial charge in [-0.25, -0.2) is 12.8 Å². The van der Waals surface area contributed by atoms with Crippen LogP contribution in [0.25, 0.3) is 0 Å². The highest BCUT2D eigenvalue weighted by atomic mass is 35.5. The van der Waals surface area contributed by atoms with Crippen LogP contribution >= 0.6 is 11.6 Å². The maximum atomic E-state index is 13.8. The van der Waals surface area contributed by atoms with Crippen molar-refractivity contribution in [1.29, 1.82) is 0 Å². The zero-order valence-electron chi connectivity index (χ0n) is 11.2. The van der Waals surface area contributed by atoms with E-state index < -0.39 is 32.2 Å². The van der Waals surface area contributed by atoms with E-state index in [1.807, 2.05) is 0 Å². The van der Waals surface area contributed by atoms with Crippen LogP contribution in [0.2, 0.25) is 5.02 Å². The molecule has 112 valence electrons. The number of benzene rings is 1. The average molecular weight is 324 g/mol. The second-order valence-electron chi connectivity index (χ2n) is 4.61. The molecule has 0 aliphatic heterocycles. The van der Waals surface area contributed by atoms with Gasteiger partial charge >= 0.3 is 5.97 Å². The van der Waals surface area contributed by atoms with Gasteiger partial charge in [-0.15, -0.1) is 0 Å². The molecule has 0 saturated heterocycles. The van der Waals surface area contributed by atoms with Crippen LogP contribution in [-0.4, -0.2) is 35.9 Å². The lowest BCUT2D eigenvalue weighted by atomic mass is 10.1. The second-order valence-corrected chi connectivity index (χ2v) is 6.88. The largest absolute Gasteiger partial charge is 0.480 e. The van der Waals surface area contributed by atoms with E-state index in [0.29, 0.717) is 0 Å². The third-order valence-electron chi connectivity index (χ3n) is 2.90. The molecule has 0 bridgehead atoms. The number of aliphatic carboxylic acids is 1. The number of carbonyl (C=O) groups is 1. The van der Waals surface area contributed by atoms with Crippen molar-refractivity contribution in [3.8, 4) is 0 Å². The zero-order chi connectivity index (χ0) is 15.7. The molecule has 0 unspecified atom stereocenters. The molecular formula is C12H15ClFNO4S. The van der Waals surface area contributed by atoms with Crippen molar-refractivity contribution in [2.24, 2.45) is 0 Å². The Morgan fingerprint density at radius 1 is 1.45 bits per heavy atom. The van der Waals surface area contributed by atoms with Crippen molar-refractivity contribution < 1.29 is 22.7 Å². The summed E-state index contributed by atoms with van der Waals surface area (Å²) in [6.45, 7) is 3.86. The predicted molar refractivity (Wildman–Crippen MR) is 72.7 cm³/mol. The maximum Gasteiger partial charge on any atom is 0.324 e. The van der Waals surface area contributed by atoms with E-state index in [9.17, 15) is 17.6 Å². The summed E-state index contributed by atoms with van der Waals surface area (Å²) in [5.74, 6) is -2.34. The van der Waals surface area contributed by atoms with Crippen LogP contribution in [0.1, 0.15) is 20.8 Å². The molecule has 1 rings (SSSR count). The van der Waals surface area contributed by atoms with E-state index in [1.165, 1.54) is 26.8 Å². The van der Waals surface area contributed by atoms with E-state index in [-0.39, 0.29) is 11.6 Å². The topological polar surface area (TPSA) is 74.7 Å². The van der Waals surface area contributed by atoms with Crippen molar-refractivity contribution in [2.45, 2.75) is 31.2 Å². The number of nitrogens with zero attached hydrogens (tertiary/aromatic N) is 1. The summed E-state index contributed by atoms with van der Waals surface area (Å²) in [5.41, 5.74) is -1.69. The fraction of sp³-hybridized carbons (Fsp3) is 0.417. The molecule has 0 radical (unpaired) electrons. The highest BCUT2D eigenvalue weighted by molar-refractivity contribution is 7.89. The van der Waals surface area contributed by atoms with Crippen molar-refractivity contribution in [2.75, 3.05) is 6.54 Å². The molecule has 1 N–H and O–H groups in total. The van der Waals surface area contributed by atoms with Crippen molar-refractivity contribution in [1.82, 2.24) is 4.31 Å². The number of hydrogen-bond acceptors (Lipinski definition) is 3. The SMILES string of the molecule is CCN(C(C)(C)C(=O)O)S(=O)(=O)c1ccc(Cl)cc1F. The normalized spacial score (nSPS) is 12.7. The van der Waals surface area contributed by atoms with Crippen molar-refractivity contribution in [3.63, 3.8) is 0 Å². The Labute approximate surface area is 122 Å². The average Bonchev–Trinajstić information content (AvgIpc) is 2.27. The number of halogens is 2. The van der Waals surface area contributed by atoms with Gasteiger partial charge in [-0.2, -0.15) is 4.31 Å². The molecule has 5 nitrogen and oxygen atoms in total. The summed E-state index contributed by atoms with van der Waals surface area (Å²) in [6.07, 6.45) is 0. The molecular weight excluding hydrogens is 309 g/mol. The Morgan fingerprint density at radius 2 is 2.00 bits per heavy atom. The Morgan fingerprint density at radius 3 is 2.40 bits per heavy atom. The van der Waals surface area contributed by atoms with Crippen LogP contribution in [0.4, 0.5) is 4.39 Å². The standard InChI is InChI=1S/C12H15ClFNO4S/c1-4-15(12(2,3)11(16)17)20(18,19)10-6-5-8(13)7-9(10)14/h5-7H,4H2,1-3H3,(H,16,17). The number of hydrogen-bond donors (Lipinski definition) is 1. The van der Waals surface area contributed by atoms with E-state index in [0.717, 1.165) is 16.4 Å². The van der Waals surface area contributed by atoms with Crippen LogP contribution in [0, 0.1) is 5.82 Å². The molecule has 1 aromatic carbocycles. The number of carboxylic acids is 1. The first-order valence-electron chi connectivity index (χ1n) is 5.76. The molecule has 0 saturated carbocycles. The number of rotatable bonds is 5.